The average molecular weight is 197 g/mol. The van der Waals surface area contributed by atoms with E-state index < -0.39 is 0 Å². The standard InChI is InChI=1S/C11H19NO2/c1-5-8(2)11(9(3)12)6-10(7-13)14-4/h6-7,9H,5,12H2,1-4H3/b10-6-,11-8-. The predicted octanol–water partition coefficient (Wildman–Crippen LogP) is 1.79. The number of hydrogen-bond donors (Lipinski definition) is 1. The van der Waals surface area contributed by atoms with Crippen LogP contribution in [0.5, 0.6) is 0 Å². The third kappa shape index (κ3) is 3.75. The molecule has 0 aliphatic carbocycles. The molecule has 80 valence electrons. The van der Waals surface area contributed by atoms with E-state index >= 15 is 0 Å². The van der Waals surface area contributed by atoms with Crippen LogP contribution in [0.15, 0.2) is 23.0 Å². The molecule has 0 aromatic heterocycles. The Labute approximate surface area is 85.6 Å². The molecule has 0 saturated carbocycles. The van der Waals surface area contributed by atoms with Crippen molar-refractivity contribution in [3.05, 3.63) is 23.0 Å². The van der Waals surface area contributed by atoms with E-state index in [1.54, 1.807) is 6.08 Å². The quantitative estimate of drug-likeness (QED) is 0.316. The third-order valence-corrected chi connectivity index (χ3v) is 2.16. The minimum Gasteiger partial charge on any atom is -0.493 e. The molecule has 0 heterocycles. The van der Waals surface area contributed by atoms with Gasteiger partial charge in [0.05, 0.1) is 7.11 Å². The number of methoxy groups -OCH3 is 1. The summed E-state index contributed by atoms with van der Waals surface area (Å²) < 4.78 is 4.88. The molecule has 0 rings (SSSR count). The molecule has 0 fully saturated rings. The second-order valence-electron chi connectivity index (χ2n) is 3.25. The van der Waals surface area contributed by atoms with Gasteiger partial charge in [0, 0.05) is 6.04 Å². The summed E-state index contributed by atoms with van der Waals surface area (Å²) in [6, 6.07) is -0.0833. The zero-order valence-electron chi connectivity index (χ0n) is 9.33. The summed E-state index contributed by atoms with van der Waals surface area (Å²) in [6.45, 7) is 5.95. The highest BCUT2D eigenvalue weighted by molar-refractivity contribution is 5.71. The number of nitrogens with two attached hydrogens (primary N) is 1. The summed E-state index contributed by atoms with van der Waals surface area (Å²) >= 11 is 0. The molecule has 0 aliphatic rings. The zero-order chi connectivity index (χ0) is 11.1. The number of rotatable bonds is 5. The van der Waals surface area contributed by atoms with Gasteiger partial charge in [-0.2, -0.15) is 0 Å². The van der Waals surface area contributed by atoms with Crippen LogP contribution >= 0.6 is 0 Å². The first-order chi connectivity index (χ1) is 6.56. The Morgan fingerprint density at radius 3 is 2.43 bits per heavy atom. The number of carbonyl (C=O) groups excluding carboxylic acids is 1. The average Bonchev–Trinajstić information content (AvgIpc) is 2.18. The molecule has 0 spiro atoms. The fraction of sp³-hybridized carbons (Fsp3) is 0.545. The molecule has 0 aromatic carbocycles. The first-order valence-electron chi connectivity index (χ1n) is 4.72. The van der Waals surface area contributed by atoms with E-state index in [4.69, 9.17) is 10.5 Å². The van der Waals surface area contributed by atoms with E-state index in [2.05, 4.69) is 6.92 Å². The van der Waals surface area contributed by atoms with Crippen molar-refractivity contribution >= 4 is 6.29 Å². The van der Waals surface area contributed by atoms with Gasteiger partial charge in [-0.1, -0.05) is 12.5 Å². The SMILES string of the molecule is CC/C(C)=C(/C=C(/C=O)OC)C(C)N. The Bertz CT molecular complexity index is 252. The van der Waals surface area contributed by atoms with Gasteiger partial charge in [-0.15, -0.1) is 0 Å². The second-order valence-corrected chi connectivity index (χ2v) is 3.25. The summed E-state index contributed by atoms with van der Waals surface area (Å²) in [4.78, 5) is 10.5. The lowest BCUT2D eigenvalue weighted by molar-refractivity contribution is -0.107. The van der Waals surface area contributed by atoms with E-state index in [0.29, 0.717) is 12.0 Å². The van der Waals surface area contributed by atoms with Crippen LogP contribution in [0, 0.1) is 0 Å². The summed E-state index contributed by atoms with van der Waals surface area (Å²) in [5.41, 5.74) is 7.94. The zero-order valence-corrected chi connectivity index (χ0v) is 9.33. The molecular formula is C11H19NO2. The number of allylic oxidation sites excluding steroid dienone is 2. The molecular weight excluding hydrogens is 178 g/mol. The van der Waals surface area contributed by atoms with Crippen molar-refractivity contribution < 1.29 is 9.53 Å². The van der Waals surface area contributed by atoms with Gasteiger partial charge in [-0.05, 0) is 31.9 Å². The lowest BCUT2D eigenvalue weighted by Gasteiger charge is -2.11. The van der Waals surface area contributed by atoms with Crippen LogP contribution < -0.4 is 5.73 Å². The van der Waals surface area contributed by atoms with Crippen molar-refractivity contribution in [1.29, 1.82) is 0 Å². The number of hydrogen-bond acceptors (Lipinski definition) is 3. The molecule has 0 aliphatic heterocycles. The highest BCUT2D eigenvalue weighted by Crippen LogP contribution is 2.14. The largest absolute Gasteiger partial charge is 0.493 e. The number of carbonyl (C=O) groups is 1. The van der Waals surface area contributed by atoms with Gasteiger partial charge in [-0.3, -0.25) is 4.79 Å². The van der Waals surface area contributed by atoms with Crippen molar-refractivity contribution in [2.45, 2.75) is 33.2 Å². The topological polar surface area (TPSA) is 52.3 Å². The molecule has 3 heteroatoms. The van der Waals surface area contributed by atoms with Gasteiger partial charge in [0.25, 0.3) is 0 Å². The fourth-order valence-electron chi connectivity index (χ4n) is 1.14. The molecule has 14 heavy (non-hydrogen) atoms. The highest BCUT2D eigenvalue weighted by Gasteiger charge is 2.06. The fourth-order valence-corrected chi connectivity index (χ4v) is 1.14. The normalized spacial score (nSPS) is 15.9. The minimum absolute atomic E-state index is 0.0833. The van der Waals surface area contributed by atoms with E-state index in [9.17, 15) is 4.79 Å². The van der Waals surface area contributed by atoms with E-state index in [1.807, 2.05) is 13.8 Å². The molecule has 1 unspecified atom stereocenters. The van der Waals surface area contributed by atoms with Gasteiger partial charge in [0.1, 0.15) is 0 Å². The summed E-state index contributed by atoms with van der Waals surface area (Å²) in [7, 11) is 1.47. The van der Waals surface area contributed by atoms with Crippen molar-refractivity contribution in [1.82, 2.24) is 0 Å². The Hall–Kier alpha value is -1.09. The first kappa shape index (κ1) is 12.9. The predicted molar refractivity (Wildman–Crippen MR) is 57.8 cm³/mol. The van der Waals surface area contributed by atoms with Gasteiger partial charge in [0.2, 0.25) is 0 Å². The van der Waals surface area contributed by atoms with E-state index in [0.717, 1.165) is 12.0 Å². The summed E-state index contributed by atoms with van der Waals surface area (Å²) in [5.74, 6) is 0.310. The molecule has 1 atom stereocenters. The van der Waals surface area contributed by atoms with Crippen LogP contribution in [0.2, 0.25) is 0 Å². The molecule has 0 aromatic rings. The van der Waals surface area contributed by atoms with Gasteiger partial charge < -0.3 is 10.5 Å². The number of ether oxygens (including phenoxy) is 1. The van der Waals surface area contributed by atoms with Crippen molar-refractivity contribution in [2.75, 3.05) is 7.11 Å². The monoisotopic (exact) mass is 197 g/mol. The summed E-state index contributed by atoms with van der Waals surface area (Å²) in [6.07, 6.45) is 3.31. The molecule has 0 amide bonds. The lowest BCUT2D eigenvalue weighted by atomic mass is 10.0. The lowest BCUT2D eigenvalue weighted by Crippen LogP contribution is -2.18. The van der Waals surface area contributed by atoms with Crippen molar-refractivity contribution in [3.8, 4) is 0 Å². The first-order valence-corrected chi connectivity index (χ1v) is 4.72. The molecule has 2 N–H and O–H groups in total. The molecule has 3 nitrogen and oxygen atoms in total. The molecule has 0 bridgehead atoms. The Morgan fingerprint density at radius 1 is 1.57 bits per heavy atom. The van der Waals surface area contributed by atoms with Crippen LogP contribution in [0.3, 0.4) is 0 Å². The smallest absolute Gasteiger partial charge is 0.184 e. The van der Waals surface area contributed by atoms with Crippen LogP contribution in [0.4, 0.5) is 0 Å². The Morgan fingerprint density at radius 2 is 2.14 bits per heavy atom. The Balaban J connectivity index is 5.04. The van der Waals surface area contributed by atoms with Gasteiger partial charge >= 0.3 is 0 Å². The van der Waals surface area contributed by atoms with Crippen molar-refractivity contribution in [2.24, 2.45) is 5.73 Å². The highest BCUT2D eigenvalue weighted by atomic mass is 16.5. The maximum atomic E-state index is 10.5. The van der Waals surface area contributed by atoms with Crippen LogP contribution in [0.25, 0.3) is 0 Å². The van der Waals surface area contributed by atoms with Crippen LogP contribution in [-0.4, -0.2) is 19.4 Å². The second kappa shape index (κ2) is 6.38. The maximum Gasteiger partial charge on any atom is 0.184 e. The number of aldehydes is 1. The minimum atomic E-state index is -0.0833. The van der Waals surface area contributed by atoms with Gasteiger partial charge in [-0.25, -0.2) is 0 Å². The molecule has 0 radical (unpaired) electrons. The van der Waals surface area contributed by atoms with Crippen molar-refractivity contribution in [3.63, 3.8) is 0 Å². The van der Waals surface area contributed by atoms with Crippen LogP contribution in [-0.2, 0) is 9.53 Å². The summed E-state index contributed by atoms with van der Waals surface area (Å²) in [5, 5.41) is 0. The van der Waals surface area contributed by atoms with Gasteiger partial charge in [0.15, 0.2) is 12.0 Å². The Kier molecular flexibility index (Phi) is 5.88. The van der Waals surface area contributed by atoms with E-state index in [-0.39, 0.29) is 6.04 Å². The van der Waals surface area contributed by atoms with E-state index in [1.165, 1.54) is 12.7 Å². The third-order valence-electron chi connectivity index (χ3n) is 2.16. The molecule has 0 saturated heterocycles. The maximum absolute atomic E-state index is 10.5. The van der Waals surface area contributed by atoms with Crippen LogP contribution in [0.1, 0.15) is 27.2 Å².